The van der Waals surface area contributed by atoms with E-state index in [1.165, 1.54) is 6.08 Å². The van der Waals surface area contributed by atoms with Gasteiger partial charge in [-0.05, 0) is 32.4 Å². The number of nitrogens with one attached hydrogen (secondary N) is 1. The van der Waals surface area contributed by atoms with E-state index >= 15 is 0 Å². The minimum Gasteiger partial charge on any atom is -0.352 e. The first-order valence-corrected chi connectivity index (χ1v) is 6.76. The molecule has 2 rings (SSSR count). The summed E-state index contributed by atoms with van der Waals surface area (Å²) in [6, 6.07) is 7.93. The topological polar surface area (TPSA) is 49.4 Å². The van der Waals surface area contributed by atoms with Gasteiger partial charge in [0, 0.05) is 19.2 Å². The SMILES string of the molecule is Cc1cccc(C=CC(=O)N2CCNC(=O)C2(C)C)c1. The molecule has 4 nitrogen and oxygen atoms in total. The van der Waals surface area contributed by atoms with Gasteiger partial charge in [-0.3, -0.25) is 9.59 Å². The first-order valence-electron chi connectivity index (χ1n) is 6.76. The number of hydrogen-bond acceptors (Lipinski definition) is 2. The Kier molecular flexibility index (Phi) is 3.93. The predicted octanol–water partition coefficient (Wildman–Crippen LogP) is 1.75. The molecule has 0 unspecified atom stereocenters. The molecule has 0 spiro atoms. The molecule has 1 N–H and O–H groups in total. The molecule has 1 aliphatic heterocycles. The van der Waals surface area contributed by atoms with Crippen LogP contribution in [0.5, 0.6) is 0 Å². The van der Waals surface area contributed by atoms with Crippen LogP contribution < -0.4 is 5.32 Å². The molecule has 0 saturated carbocycles. The molecule has 106 valence electrons. The second-order valence-corrected chi connectivity index (χ2v) is 5.55. The van der Waals surface area contributed by atoms with Crippen molar-refractivity contribution < 1.29 is 9.59 Å². The third kappa shape index (κ3) is 2.90. The van der Waals surface area contributed by atoms with Gasteiger partial charge < -0.3 is 10.2 Å². The maximum absolute atomic E-state index is 12.3. The molecule has 0 aromatic heterocycles. The maximum Gasteiger partial charge on any atom is 0.247 e. The van der Waals surface area contributed by atoms with Gasteiger partial charge in [0.05, 0.1) is 0 Å². The molecular formula is C16H20N2O2. The summed E-state index contributed by atoms with van der Waals surface area (Å²) in [6.45, 7) is 6.58. The van der Waals surface area contributed by atoms with Crippen LogP contribution in [0.1, 0.15) is 25.0 Å². The van der Waals surface area contributed by atoms with Crippen LogP contribution in [-0.2, 0) is 9.59 Å². The van der Waals surface area contributed by atoms with Crippen LogP contribution in [0.25, 0.3) is 6.08 Å². The predicted molar refractivity (Wildman–Crippen MR) is 79.0 cm³/mol. The van der Waals surface area contributed by atoms with E-state index in [4.69, 9.17) is 0 Å². The first-order chi connectivity index (χ1) is 9.41. The number of aryl methyl sites for hydroxylation is 1. The zero-order chi connectivity index (χ0) is 14.8. The van der Waals surface area contributed by atoms with E-state index in [9.17, 15) is 9.59 Å². The molecule has 1 heterocycles. The molecule has 2 amide bonds. The van der Waals surface area contributed by atoms with Crippen LogP contribution in [0.15, 0.2) is 30.3 Å². The molecule has 4 heteroatoms. The Labute approximate surface area is 119 Å². The zero-order valence-corrected chi connectivity index (χ0v) is 12.1. The second kappa shape index (κ2) is 5.49. The van der Waals surface area contributed by atoms with Crippen LogP contribution in [0.4, 0.5) is 0 Å². The Morgan fingerprint density at radius 3 is 2.85 bits per heavy atom. The fraction of sp³-hybridized carbons (Fsp3) is 0.375. The lowest BCUT2D eigenvalue weighted by atomic mass is 9.98. The summed E-state index contributed by atoms with van der Waals surface area (Å²) >= 11 is 0. The van der Waals surface area contributed by atoms with Crippen molar-refractivity contribution in [2.24, 2.45) is 0 Å². The Hall–Kier alpha value is -2.10. The van der Waals surface area contributed by atoms with E-state index < -0.39 is 5.54 Å². The molecule has 0 atom stereocenters. The Balaban J connectivity index is 2.13. The van der Waals surface area contributed by atoms with Gasteiger partial charge in [-0.25, -0.2) is 0 Å². The molecule has 20 heavy (non-hydrogen) atoms. The summed E-state index contributed by atoms with van der Waals surface area (Å²) in [5, 5.41) is 2.78. The van der Waals surface area contributed by atoms with Crippen LogP contribution in [-0.4, -0.2) is 35.3 Å². The van der Waals surface area contributed by atoms with Crippen molar-refractivity contribution in [2.45, 2.75) is 26.3 Å². The van der Waals surface area contributed by atoms with Crippen molar-refractivity contribution in [1.29, 1.82) is 0 Å². The number of piperazine rings is 1. The summed E-state index contributed by atoms with van der Waals surface area (Å²) < 4.78 is 0. The minimum atomic E-state index is -0.799. The molecule has 1 aromatic carbocycles. The van der Waals surface area contributed by atoms with Crippen molar-refractivity contribution >= 4 is 17.9 Å². The van der Waals surface area contributed by atoms with Gasteiger partial charge in [0.15, 0.2) is 0 Å². The van der Waals surface area contributed by atoms with Crippen molar-refractivity contribution in [1.82, 2.24) is 10.2 Å². The zero-order valence-electron chi connectivity index (χ0n) is 12.1. The van der Waals surface area contributed by atoms with Gasteiger partial charge in [0.25, 0.3) is 0 Å². The summed E-state index contributed by atoms with van der Waals surface area (Å²) in [4.78, 5) is 25.7. The highest BCUT2D eigenvalue weighted by Gasteiger charge is 2.39. The first kappa shape index (κ1) is 14.3. The highest BCUT2D eigenvalue weighted by atomic mass is 16.2. The van der Waals surface area contributed by atoms with Crippen molar-refractivity contribution in [3.05, 3.63) is 41.5 Å². The van der Waals surface area contributed by atoms with Crippen molar-refractivity contribution in [3.8, 4) is 0 Å². The number of benzene rings is 1. The lowest BCUT2D eigenvalue weighted by Gasteiger charge is -2.40. The van der Waals surface area contributed by atoms with Gasteiger partial charge in [-0.1, -0.05) is 29.8 Å². The average Bonchev–Trinajstić information content (AvgIpc) is 2.39. The molecule has 1 fully saturated rings. The van der Waals surface area contributed by atoms with E-state index in [2.05, 4.69) is 5.32 Å². The largest absolute Gasteiger partial charge is 0.352 e. The molecular weight excluding hydrogens is 252 g/mol. The van der Waals surface area contributed by atoms with Gasteiger partial charge in [-0.2, -0.15) is 0 Å². The van der Waals surface area contributed by atoms with Crippen molar-refractivity contribution in [2.75, 3.05) is 13.1 Å². The molecule has 0 bridgehead atoms. The van der Waals surface area contributed by atoms with E-state index in [1.807, 2.05) is 31.2 Å². The molecule has 0 radical (unpaired) electrons. The number of amides is 2. The van der Waals surface area contributed by atoms with Crippen LogP contribution in [0.3, 0.4) is 0 Å². The Morgan fingerprint density at radius 2 is 2.15 bits per heavy atom. The molecule has 0 aliphatic carbocycles. The van der Waals surface area contributed by atoms with E-state index in [0.717, 1.165) is 11.1 Å². The highest BCUT2D eigenvalue weighted by molar-refractivity contribution is 5.97. The maximum atomic E-state index is 12.3. The summed E-state index contributed by atoms with van der Waals surface area (Å²) in [6.07, 6.45) is 3.33. The lowest BCUT2D eigenvalue weighted by Crippen LogP contribution is -2.63. The average molecular weight is 272 g/mol. The Morgan fingerprint density at radius 1 is 1.40 bits per heavy atom. The number of nitrogens with zero attached hydrogens (tertiary/aromatic N) is 1. The molecule has 1 aromatic rings. The molecule has 1 saturated heterocycles. The standard InChI is InChI=1S/C16H20N2O2/c1-12-5-4-6-13(11-12)7-8-14(19)18-10-9-17-15(20)16(18,2)3/h4-8,11H,9-10H2,1-3H3,(H,17,20). The number of hydrogen-bond donors (Lipinski definition) is 1. The quantitative estimate of drug-likeness (QED) is 0.834. The van der Waals surface area contributed by atoms with Gasteiger partial charge >= 0.3 is 0 Å². The minimum absolute atomic E-state index is 0.110. The fourth-order valence-corrected chi connectivity index (χ4v) is 2.32. The third-order valence-corrected chi connectivity index (χ3v) is 3.58. The Bertz CT molecular complexity index is 561. The summed E-state index contributed by atoms with van der Waals surface area (Å²) in [5.74, 6) is -0.243. The smallest absolute Gasteiger partial charge is 0.247 e. The summed E-state index contributed by atoms with van der Waals surface area (Å²) in [7, 11) is 0. The number of carbonyl (C=O) groups excluding carboxylic acids is 2. The van der Waals surface area contributed by atoms with Gasteiger partial charge in [-0.15, -0.1) is 0 Å². The van der Waals surface area contributed by atoms with E-state index in [-0.39, 0.29) is 11.8 Å². The molecule has 1 aliphatic rings. The van der Waals surface area contributed by atoms with Crippen LogP contribution >= 0.6 is 0 Å². The number of rotatable bonds is 2. The fourth-order valence-electron chi connectivity index (χ4n) is 2.32. The highest BCUT2D eigenvalue weighted by Crippen LogP contribution is 2.18. The summed E-state index contributed by atoms with van der Waals surface area (Å²) in [5.41, 5.74) is 1.33. The van der Waals surface area contributed by atoms with E-state index in [1.54, 1.807) is 24.8 Å². The third-order valence-electron chi connectivity index (χ3n) is 3.58. The normalized spacial score (nSPS) is 18.1. The van der Waals surface area contributed by atoms with Crippen LogP contribution in [0, 0.1) is 6.92 Å². The van der Waals surface area contributed by atoms with Gasteiger partial charge in [0.2, 0.25) is 11.8 Å². The van der Waals surface area contributed by atoms with Gasteiger partial charge in [0.1, 0.15) is 5.54 Å². The number of carbonyl (C=O) groups is 2. The lowest BCUT2D eigenvalue weighted by molar-refractivity contribution is -0.146. The second-order valence-electron chi connectivity index (χ2n) is 5.55. The monoisotopic (exact) mass is 272 g/mol. The van der Waals surface area contributed by atoms with Crippen LogP contribution in [0.2, 0.25) is 0 Å². The van der Waals surface area contributed by atoms with Crippen molar-refractivity contribution in [3.63, 3.8) is 0 Å². The van der Waals surface area contributed by atoms with E-state index in [0.29, 0.717) is 13.1 Å².